The van der Waals surface area contributed by atoms with E-state index in [1.54, 1.807) is 4.68 Å². The number of fused-ring (bicyclic) bond motifs is 4. The number of carbonyl (C=O) groups excluding carboxylic acids is 1. The van der Waals surface area contributed by atoms with Crippen LogP contribution in [0.5, 0.6) is 6.01 Å². The van der Waals surface area contributed by atoms with E-state index in [4.69, 9.17) is 26.8 Å². The van der Waals surface area contributed by atoms with Crippen molar-refractivity contribution in [3.05, 3.63) is 56.7 Å². The summed E-state index contributed by atoms with van der Waals surface area (Å²) in [5, 5.41) is 8.34. The molecule has 0 bridgehead atoms. The van der Waals surface area contributed by atoms with Crippen molar-refractivity contribution in [3.8, 4) is 6.01 Å². The highest BCUT2D eigenvalue weighted by atomic mass is 35.5. The number of aromatic nitrogens is 4. The van der Waals surface area contributed by atoms with Gasteiger partial charge in [0, 0.05) is 61.9 Å². The lowest BCUT2D eigenvalue weighted by Gasteiger charge is -2.50. The summed E-state index contributed by atoms with van der Waals surface area (Å²) in [6.45, 7) is 4.55. The molecule has 5 unspecified atom stereocenters. The minimum Gasteiger partial charge on any atom is -0.467 e. The van der Waals surface area contributed by atoms with E-state index in [0.717, 1.165) is 44.5 Å². The Morgan fingerprint density at radius 2 is 1.94 bits per heavy atom. The first kappa shape index (κ1) is 37.1. The zero-order valence-electron chi connectivity index (χ0n) is 29.8. The molecule has 2 aromatic heterocycles. The summed E-state index contributed by atoms with van der Waals surface area (Å²) in [4.78, 5) is 28.5. The number of alkyl halides is 4. The van der Waals surface area contributed by atoms with Crippen LogP contribution in [0.15, 0.2) is 12.1 Å². The van der Waals surface area contributed by atoms with Crippen LogP contribution < -0.4 is 20.7 Å². The van der Waals surface area contributed by atoms with E-state index in [-0.39, 0.29) is 48.2 Å². The summed E-state index contributed by atoms with van der Waals surface area (Å²) in [6.07, 6.45) is -0.877. The van der Waals surface area contributed by atoms with Gasteiger partial charge in [-0.15, -0.1) is 0 Å². The van der Waals surface area contributed by atoms with Crippen LogP contribution in [0.1, 0.15) is 83.2 Å². The Balaban J connectivity index is 0.000000399. The molecular weight excluding hydrogens is 737 g/mol. The van der Waals surface area contributed by atoms with Crippen molar-refractivity contribution in [3.63, 3.8) is 0 Å². The Bertz CT molecular complexity index is 1900. The zero-order valence-corrected chi connectivity index (χ0v) is 30.6. The maximum Gasteiger partial charge on any atom is 0.416 e. The number of methoxy groups -OCH3 is 1. The molecule has 4 saturated heterocycles. The lowest BCUT2D eigenvalue weighted by molar-refractivity contribution is -0.140. The van der Waals surface area contributed by atoms with Crippen LogP contribution in [-0.4, -0.2) is 99.6 Å². The number of nitrogens with zero attached hydrogens (tertiary/aromatic N) is 7. The molecule has 18 heteroatoms. The van der Waals surface area contributed by atoms with Crippen LogP contribution in [0.3, 0.4) is 0 Å². The Hall–Kier alpha value is -3.80. The second-order valence-electron chi connectivity index (χ2n) is 14.8. The average Bonchev–Trinajstić information content (AvgIpc) is 3.76. The molecule has 8 heterocycles. The molecular formula is C36H43ClF5N9O3. The molecule has 4 fully saturated rings. The van der Waals surface area contributed by atoms with E-state index in [2.05, 4.69) is 25.3 Å². The van der Waals surface area contributed by atoms with Gasteiger partial charge >= 0.3 is 12.2 Å². The number of benzene rings is 1. The number of halogens is 6. The predicted octanol–water partition coefficient (Wildman–Crippen LogP) is 5.07. The summed E-state index contributed by atoms with van der Waals surface area (Å²) >= 11 is 6.84. The van der Waals surface area contributed by atoms with Crippen LogP contribution in [0.4, 0.5) is 33.5 Å². The molecule has 3 N–H and O–H groups in total. The van der Waals surface area contributed by atoms with E-state index in [0.29, 0.717) is 67.5 Å². The minimum absolute atomic E-state index is 0.00152. The molecule has 6 aliphatic heterocycles. The van der Waals surface area contributed by atoms with Crippen LogP contribution in [-0.2, 0) is 37.0 Å². The number of amides is 1. The van der Waals surface area contributed by atoms with Crippen LogP contribution in [0, 0.1) is 5.82 Å². The normalized spacial score (nSPS) is 26.5. The van der Waals surface area contributed by atoms with Crippen molar-refractivity contribution < 1.29 is 36.2 Å². The number of nitrogens with two attached hydrogens (primary N) is 1. The van der Waals surface area contributed by atoms with Crippen molar-refractivity contribution >= 4 is 29.0 Å². The molecule has 0 saturated carbocycles. The van der Waals surface area contributed by atoms with Gasteiger partial charge in [-0.1, -0.05) is 11.6 Å². The van der Waals surface area contributed by atoms with Gasteiger partial charge in [0.1, 0.15) is 12.0 Å². The molecule has 1 amide bonds. The summed E-state index contributed by atoms with van der Waals surface area (Å²) in [6, 6.07) is 2.70. The number of hydrogen-bond donors (Lipinski definition) is 2. The first-order valence-corrected chi connectivity index (χ1v) is 18.9. The maximum atomic E-state index is 15.1. The van der Waals surface area contributed by atoms with E-state index in [1.807, 2.05) is 9.80 Å². The topological polar surface area (TPSA) is 127 Å². The van der Waals surface area contributed by atoms with Gasteiger partial charge in [-0.05, 0) is 63.7 Å². The first-order valence-electron chi connectivity index (χ1n) is 18.5. The molecule has 5 atom stereocenters. The monoisotopic (exact) mass is 779 g/mol. The van der Waals surface area contributed by atoms with Gasteiger partial charge in [-0.3, -0.25) is 14.4 Å². The molecule has 0 spiro atoms. The lowest BCUT2D eigenvalue weighted by atomic mass is 9.88. The number of carbonyl (C=O) groups is 1. The number of rotatable bonds is 4. The molecule has 1 aromatic carbocycles. The highest BCUT2D eigenvalue weighted by Gasteiger charge is 2.45. The zero-order chi connectivity index (χ0) is 37.9. The third-order valence-corrected chi connectivity index (χ3v) is 12.0. The first-order chi connectivity index (χ1) is 25.9. The van der Waals surface area contributed by atoms with Gasteiger partial charge in [-0.2, -0.15) is 28.2 Å². The molecule has 9 rings (SSSR count). The van der Waals surface area contributed by atoms with E-state index in [9.17, 15) is 22.4 Å². The Morgan fingerprint density at radius 1 is 1.11 bits per heavy atom. The fraction of sp³-hybridized carbons (Fsp3) is 0.611. The number of hydrogen-bond acceptors (Lipinski definition) is 10. The maximum absolute atomic E-state index is 15.1. The number of nitrogen functional groups attached to an aromatic ring is 1. The fourth-order valence-electron chi connectivity index (χ4n) is 8.84. The van der Waals surface area contributed by atoms with Gasteiger partial charge < -0.3 is 30.3 Å². The molecule has 0 aliphatic carbocycles. The summed E-state index contributed by atoms with van der Waals surface area (Å²) in [5.74, 6) is -0.907. The second-order valence-corrected chi connectivity index (χ2v) is 15.2. The van der Waals surface area contributed by atoms with E-state index >= 15 is 4.39 Å². The van der Waals surface area contributed by atoms with Gasteiger partial charge in [0.2, 0.25) is 0 Å². The molecule has 12 nitrogen and oxygen atoms in total. The van der Waals surface area contributed by atoms with Crippen LogP contribution in [0.25, 0.3) is 0 Å². The Kier molecular flexibility index (Phi) is 10.1. The number of likely N-dealkylation sites (tertiary alicyclic amines) is 1. The molecule has 0 radical (unpaired) electrons. The SMILES string of the molecule is COc1nc2c(c(N3CCCn4nc(C(=O)N5CC6NCCCC65)c(Cl)c4C3)n1)COC(c1c(C(F)(F)F)ccc(N)c1F)C2.FC1CC2CCCN2C1. The number of anilines is 2. The van der Waals surface area contributed by atoms with Gasteiger partial charge in [0.15, 0.2) is 11.5 Å². The lowest BCUT2D eigenvalue weighted by Crippen LogP contribution is -2.69. The van der Waals surface area contributed by atoms with Crippen molar-refractivity contribution in [2.45, 2.75) is 101 Å². The summed E-state index contributed by atoms with van der Waals surface area (Å²) < 4.78 is 82.3. The quantitative estimate of drug-likeness (QED) is 0.274. The van der Waals surface area contributed by atoms with Crippen molar-refractivity contribution in [2.24, 2.45) is 0 Å². The largest absolute Gasteiger partial charge is 0.467 e. The number of piperidine rings is 1. The number of nitrogens with one attached hydrogen (secondary N) is 1. The molecule has 292 valence electrons. The standard InChI is InChI=1S/C29H31ClF4N8O3.C7H12FN/c1-44-28-37-17-10-21(22-15(29(32,33)34)5-6-16(35)24(22)31)45-13-14(17)26(38-28)40-8-3-9-42-20(12-40)23(30)25(39-42)27(43)41-11-18-19(41)4-2-7-36-18;8-6-4-7-2-1-3-9(7)5-6/h5-6,18-19,21,36H,2-4,7-13,35H2,1H3;6-7H,1-5H2. The van der Waals surface area contributed by atoms with E-state index < -0.39 is 41.1 Å². The Morgan fingerprint density at radius 3 is 2.70 bits per heavy atom. The average molecular weight is 780 g/mol. The summed E-state index contributed by atoms with van der Waals surface area (Å²) in [7, 11) is 1.38. The van der Waals surface area contributed by atoms with Crippen LogP contribution >= 0.6 is 11.6 Å². The smallest absolute Gasteiger partial charge is 0.416 e. The molecule has 54 heavy (non-hydrogen) atoms. The van der Waals surface area contributed by atoms with Gasteiger partial charge in [-0.25, -0.2) is 8.78 Å². The highest BCUT2D eigenvalue weighted by molar-refractivity contribution is 6.34. The number of ether oxygens (including phenoxy) is 2. The van der Waals surface area contributed by atoms with Gasteiger partial charge in [0.05, 0.1) is 54.0 Å². The highest BCUT2D eigenvalue weighted by Crippen LogP contribution is 2.43. The fourth-order valence-corrected chi connectivity index (χ4v) is 9.12. The van der Waals surface area contributed by atoms with Crippen LogP contribution in [0.2, 0.25) is 5.02 Å². The van der Waals surface area contributed by atoms with Crippen molar-refractivity contribution in [1.29, 1.82) is 0 Å². The Labute approximate surface area is 314 Å². The third-order valence-electron chi connectivity index (χ3n) is 11.6. The van der Waals surface area contributed by atoms with Crippen molar-refractivity contribution in [2.75, 3.05) is 50.5 Å². The second kappa shape index (κ2) is 14.7. The van der Waals surface area contributed by atoms with Gasteiger partial charge in [0.25, 0.3) is 5.91 Å². The summed E-state index contributed by atoms with van der Waals surface area (Å²) in [5.41, 5.74) is 5.21. The third kappa shape index (κ3) is 6.85. The van der Waals surface area contributed by atoms with Crippen molar-refractivity contribution in [1.82, 2.24) is 34.9 Å². The predicted molar refractivity (Wildman–Crippen MR) is 188 cm³/mol. The molecule has 6 aliphatic rings. The van der Waals surface area contributed by atoms with E-state index in [1.165, 1.54) is 20.0 Å². The number of aryl methyl sites for hydroxylation is 1. The minimum atomic E-state index is -4.82. The molecule has 3 aromatic rings.